The average Bonchev–Trinajstić information content (AvgIpc) is 2.84. The van der Waals surface area contributed by atoms with Crippen LogP contribution in [0.1, 0.15) is 24.3 Å². The number of para-hydroxylation sites is 1. The number of hydrogen-bond acceptors (Lipinski definition) is 2. The number of benzene rings is 1. The zero-order chi connectivity index (χ0) is 15.7. The van der Waals surface area contributed by atoms with E-state index < -0.39 is 0 Å². The number of amides is 1. The van der Waals surface area contributed by atoms with Crippen LogP contribution >= 0.6 is 0 Å². The van der Waals surface area contributed by atoms with Crippen LogP contribution in [-0.2, 0) is 7.05 Å². The van der Waals surface area contributed by atoms with E-state index >= 15 is 0 Å². The van der Waals surface area contributed by atoms with E-state index in [1.807, 2.05) is 34.7 Å². The van der Waals surface area contributed by atoms with Crippen molar-refractivity contribution >= 4 is 16.8 Å². The van der Waals surface area contributed by atoms with Crippen LogP contribution in [-0.4, -0.2) is 53.0 Å². The van der Waals surface area contributed by atoms with Crippen molar-refractivity contribution in [3.8, 4) is 0 Å². The molecule has 0 N–H and O–H groups in total. The van der Waals surface area contributed by atoms with Crippen molar-refractivity contribution in [3.63, 3.8) is 0 Å². The van der Waals surface area contributed by atoms with E-state index in [0.29, 0.717) is 5.92 Å². The third-order valence-electron chi connectivity index (χ3n) is 4.45. The first-order valence-electron chi connectivity index (χ1n) is 8.12. The summed E-state index contributed by atoms with van der Waals surface area (Å²) in [6, 6.07) is 10.2. The van der Waals surface area contributed by atoms with E-state index in [0.717, 1.165) is 49.3 Å². The molecule has 1 aromatic heterocycles. The molecule has 1 aliphatic heterocycles. The van der Waals surface area contributed by atoms with Gasteiger partial charge in [0, 0.05) is 50.7 Å². The van der Waals surface area contributed by atoms with Gasteiger partial charge in [-0.1, -0.05) is 32.0 Å². The van der Waals surface area contributed by atoms with Crippen LogP contribution in [0.3, 0.4) is 0 Å². The second-order valence-corrected chi connectivity index (χ2v) is 6.63. The van der Waals surface area contributed by atoms with E-state index in [1.165, 1.54) is 0 Å². The smallest absolute Gasteiger partial charge is 0.270 e. The molecule has 0 saturated carbocycles. The molecule has 0 aliphatic carbocycles. The third-order valence-corrected chi connectivity index (χ3v) is 4.45. The Balaban J connectivity index is 1.73. The van der Waals surface area contributed by atoms with E-state index in [-0.39, 0.29) is 5.91 Å². The van der Waals surface area contributed by atoms with Crippen LogP contribution in [0.15, 0.2) is 30.3 Å². The standard InChI is InChI=1S/C18H25N3O/c1-14(2)13-20-8-10-21(11-9-20)18(22)17-12-15-6-4-5-7-16(15)19(17)3/h4-7,12,14H,8-11,13H2,1-3H3. The van der Waals surface area contributed by atoms with Gasteiger partial charge < -0.3 is 9.47 Å². The van der Waals surface area contributed by atoms with Crippen molar-refractivity contribution in [1.82, 2.24) is 14.4 Å². The van der Waals surface area contributed by atoms with Crippen molar-refractivity contribution in [3.05, 3.63) is 36.0 Å². The lowest BCUT2D eigenvalue weighted by Gasteiger charge is -2.35. The Morgan fingerprint density at radius 2 is 1.82 bits per heavy atom. The van der Waals surface area contributed by atoms with E-state index in [1.54, 1.807) is 0 Å². The molecule has 1 saturated heterocycles. The zero-order valence-corrected chi connectivity index (χ0v) is 13.7. The van der Waals surface area contributed by atoms with Crippen LogP contribution in [0.2, 0.25) is 0 Å². The van der Waals surface area contributed by atoms with Gasteiger partial charge in [-0.2, -0.15) is 0 Å². The average molecular weight is 299 g/mol. The van der Waals surface area contributed by atoms with Crippen molar-refractivity contribution in [1.29, 1.82) is 0 Å². The fourth-order valence-corrected chi connectivity index (χ4v) is 3.31. The molecule has 0 spiro atoms. The Bertz CT molecular complexity index is 666. The monoisotopic (exact) mass is 299 g/mol. The summed E-state index contributed by atoms with van der Waals surface area (Å²) in [5.41, 5.74) is 1.91. The Morgan fingerprint density at radius 3 is 2.45 bits per heavy atom. The number of carbonyl (C=O) groups is 1. The summed E-state index contributed by atoms with van der Waals surface area (Å²) in [5, 5.41) is 1.13. The van der Waals surface area contributed by atoms with Crippen molar-refractivity contribution in [2.45, 2.75) is 13.8 Å². The molecular formula is C18H25N3O. The van der Waals surface area contributed by atoms with Crippen LogP contribution in [0, 0.1) is 5.92 Å². The molecule has 4 nitrogen and oxygen atoms in total. The Kier molecular flexibility index (Phi) is 4.21. The highest BCUT2D eigenvalue weighted by Gasteiger charge is 2.24. The first-order chi connectivity index (χ1) is 10.6. The molecule has 2 heterocycles. The van der Waals surface area contributed by atoms with Gasteiger partial charge in [-0.15, -0.1) is 0 Å². The number of aryl methyl sites for hydroxylation is 1. The molecular weight excluding hydrogens is 274 g/mol. The summed E-state index contributed by atoms with van der Waals surface area (Å²) in [7, 11) is 1.98. The number of hydrogen-bond donors (Lipinski definition) is 0. The molecule has 1 aromatic carbocycles. The van der Waals surface area contributed by atoms with Gasteiger partial charge in [-0.05, 0) is 18.1 Å². The molecule has 1 aliphatic rings. The molecule has 4 heteroatoms. The molecule has 3 rings (SSSR count). The summed E-state index contributed by atoms with van der Waals surface area (Å²) in [6.45, 7) is 9.22. The van der Waals surface area contributed by atoms with Gasteiger partial charge in [0.15, 0.2) is 0 Å². The zero-order valence-electron chi connectivity index (χ0n) is 13.7. The number of rotatable bonds is 3. The normalized spacial score (nSPS) is 16.6. The predicted molar refractivity (Wildman–Crippen MR) is 90.1 cm³/mol. The summed E-state index contributed by atoms with van der Waals surface area (Å²) >= 11 is 0. The van der Waals surface area contributed by atoms with E-state index in [9.17, 15) is 4.79 Å². The molecule has 1 amide bonds. The Hall–Kier alpha value is -1.81. The number of fused-ring (bicyclic) bond motifs is 1. The van der Waals surface area contributed by atoms with Crippen LogP contribution in [0.25, 0.3) is 10.9 Å². The maximum absolute atomic E-state index is 12.8. The minimum atomic E-state index is 0.155. The SMILES string of the molecule is CC(C)CN1CCN(C(=O)c2cc3ccccc3n2C)CC1. The van der Waals surface area contributed by atoms with Gasteiger partial charge in [0.25, 0.3) is 5.91 Å². The molecule has 0 radical (unpaired) electrons. The van der Waals surface area contributed by atoms with Crippen molar-refractivity contribution < 1.29 is 4.79 Å². The maximum Gasteiger partial charge on any atom is 0.270 e. The second kappa shape index (κ2) is 6.13. The number of carbonyl (C=O) groups excluding carboxylic acids is 1. The van der Waals surface area contributed by atoms with Crippen LogP contribution in [0.5, 0.6) is 0 Å². The highest BCUT2D eigenvalue weighted by Crippen LogP contribution is 2.20. The largest absolute Gasteiger partial charge is 0.340 e. The summed E-state index contributed by atoms with van der Waals surface area (Å²) < 4.78 is 2.01. The number of piperazine rings is 1. The van der Waals surface area contributed by atoms with Gasteiger partial charge in [0.1, 0.15) is 5.69 Å². The molecule has 118 valence electrons. The molecule has 0 atom stereocenters. The number of nitrogens with zero attached hydrogens (tertiary/aromatic N) is 3. The molecule has 0 bridgehead atoms. The first kappa shape index (κ1) is 15.1. The summed E-state index contributed by atoms with van der Waals surface area (Å²) in [5.74, 6) is 0.836. The minimum Gasteiger partial charge on any atom is -0.340 e. The number of aromatic nitrogens is 1. The van der Waals surface area contributed by atoms with Gasteiger partial charge in [-0.3, -0.25) is 9.69 Å². The fourth-order valence-electron chi connectivity index (χ4n) is 3.31. The fraction of sp³-hybridized carbons (Fsp3) is 0.500. The minimum absolute atomic E-state index is 0.155. The van der Waals surface area contributed by atoms with Gasteiger partial charge in [0.05, 0.1) is 0 Å². The Labute approximate surface area is 132 Å². The summed E-state index contributed by atoms with van der Waals surface area (Å²) in [6.07, 6.45) is 0. The molecule has 0 unspecified atom stereocenters. The van der Waals surface area contributed by atoms with Gasteiger partial charge >= 0.3 is 0 Å². The highest BCUT2D eigenvalue weighted by atomic mass is 16.2. The van der Waals surface area contributed by atoms with Crippen LogP contribution < -0.4 is 0 Å². The molecule has 2 aromatic rings. The third kappa shape index (κ3) is 2.88. The Morgan fingerprint density at radius 1 is 1.14 bits per heavy atom. The first-order valence-corrected chi connectivity index (χ1v) is 8.12. The second-order valence-electron chi connectivity index (χ2n) is 6.63. The quantitative estimate of drug-likeness (QED) is 0.871. The lowest BCUT2D eigenvalue weighted by Crippen LogP contribution is -2.49. The molecule has 22 heavy (non-hydrogen) atoms. The van der Waals surface area contributed by atoms with Crippen LogP contribution in [0.4, 0.5) is 0 Å². The lowest BCUT2D eigenvalue weighted by molar-refractivity contribution is 0.0615. The predicted octanol–water partition coefficient (Wildman–Crippen LogP) is 2.59. The van der Waals surface area contributed by atoms with E-state index in [4.69, 9.17) is 0 Å². The maximum atomic E-state index is 12.8. The highest BCUT2D eigenvalue weighted by molar-refractivity contribution is 5.98. The van der Waals surface area contributed by atoms with Crippen molar-refractivity contribution in [2.75, 3.05) is 32.7 Å². The van der Waals surface area contributed by atoms with E-state index in [2.05, 4.69) is 30.9 Å². The summed E-state index contributed by atoms with van der Waals surface area (Å²) in [4.78, 5) is 17.3. The topological polar surface area (TPSA) is 28.5 Å². The van der Waals surface area contributed by atoms with Gasteiger partial charge in [-0.25, -0.2) is 0 Å². The van der Waals surface area contributed by atoms with Crippen molar-refractivity contribution in [2.24, 2.45) is 13.0 Å². The lowest BCUT2D eigenvalue weighted by atomic mass is 10.2. The van der Waals surface area contributed by atoms with Gasteiger partial charge in [0.2, 0.25) is 0 Å². The molecule has 1 fully saturated rings.